The maximum Gasteiger partial charge on any atom is 0.317 e. The number of rotatable bonds is 4. The van der Waals surface area contributed by atoms with Crippen molar-refractivity contribution in [3.8, 4) is 0 Å². The van der Waals surface area contributed by atoms with Gasteiger partial charge < -0.3 is 19.7 Å². The zero-order valence-corrected chi connectivity index (χ0v) is 14.7. The number of ether oxygens (including phenoxy) is 2. The zero-order chi connectivity index (χ0) is 17.0. The molecule has 1 atom stereocenters. The Morgan fingerprint density at radius 1 is 1.38 bits per heavy atom. The lowest BCUT2D eigenvalue weighted by atomic mass is 9.69. The first-order valence-electron chi connectivity index (χ1n) is 8.78. The van der Waals surface area contributed by atoms with Crippen molar-refractivity contribution >= 4 is 6.03 Å². The number of hydrogen-bond donors (Lipinski definition) is 1. The summed E-state index contributed by atoms with van der Waals surface area (Å²) in [7, 11) is 1.68. The Hall–Kier alpha value is -1.59. The summed E-state index contributed by atoms with van der Waals surface area (Å²) in [6.45, 7) is 5.31. The van der Waals surface area contributed by atoms with E-state index >= 15 is 0 Å². The minimum atomic E-state index is -0.534. The summed E-state index contributed by atoms with van der Waals surface area (Å²) in [5.41, 5.74) is 0.716. The third-order valence-corrected chi connectivity index (χ3v) is 5.55. The fourth-order valence-corrected chi connectivity index (χ4v) is 3.58. The molecule has 1 saturated heterocycles. The van der Waals surface area contributed by atoms with E-state index in [-0.39, 0.29) is 11.4 Å². The second-order valence-electron chi connectivity index (χ2n) is 7.29. The lowest BCUT2D eigenvalue weighted by Crippen LogP contribution is -2.51. The van der Waals surface area contributed by atoms with Crippen LogP contribution in [0.1, 0.15) is 31.7 Å². The van der Waals surface area contributed by atoms with E-state index in [1.807, 2.05) is 42.2 Å². The second kappa shape index (κ2) is 7.11. The van der Waals surface area contributed by atoms with Crippen molar-refractivity contribution in [2.75, 3.05) is 40.0 Å². The van der Waals surface area contributed by atoms with E-state index in [0.29, 0.717) is 19.7 Å². The van der Waals surface area contributed by atoms with Crippen LogP contribution in [0.5, 0.6) is 0 Å². The van der Waals surface area contributed by atoms with Gasteiger partial charge in [-0.1, -0.05) is 36.8 Å². The van der Waals surface area contributed by atoms with Crippen LogP contribution in [-0.2, 0) is 15.1 Å². The van der Waals surface area contributed by atoms with Gasteiger partial charge >= 0.3 is 6.03 Å². The predicted molar refractivity (Wildman–Crippen MR) is 92.9 cm³/mol. The summed E-state index contributed by atoms with van der Waals surface area (Å²) in [6.07, 6.45) is 3.57. The van der Waals surface area contributed by atoms with Crippen molar-refractivity contribution in [3.05, 3.63) is 35.9 Å². The summed E-state index contributed by atoms with van der Waals surface area (Å²) in [4.78, 5) is 14.6. The van der Waals surface area contributed by atoms with Crippen molar-refractivity contribution in [2.45, 2.75) is 31.8 Å². The molecule has 24 heavy (non-hydrogen) atoms. The highest BCUT2D eigenvalue weighted by molar-refractivity contribution is 5.74. The first-order valence-corrected chi connectivity index (χ1v) is 8.78. The topological polar surface area (TPSA) is 50.8 Å². The molecule has 0 bridgehead atoms. The first kappa shape index (κ1) is 17.2. The minimum absolute atomic E-state index is 0.0222. The predicted octanol–water partition coefficient (Wildman–Crippen LogP) is 2.76. The molecule has 3 rings (SSSR count). The number of nitrogens with one attached hydrogen (secondary N) is 1. The van der Waals surface area contributed by atoms with E-state index in [2.05, 4.69) is 5.32 Å². The molecular formula is C19H28N2O3. The van der Waals surface area contributed by atoms with Crippen molar-refractivity contribution < 1.29 is 14.3 Å². The molecule has 132 valence electrons. The second-order valence-corrected chi connectivity index (χ2v) is 7.29. The molecular weight excluding hydrogens is 304 g/mol. The first-order chi connectivity index (χ1) is 11.6. The van der Waals surface area contributed by atoms with E-state index in [1.54, 1.807) is 7.11 Å². The highest BCUT2D eigenvalue weighted by Crippen LogP contribution is 2.42. The molecule has 5 heteroatoms. The summed E-state index contributed by atoms with van der Waals surface area (Å²) >= 11 is 0. The van der Waals surface area contributed by atoms with Gasteiger partial charge in [0.05, 0.1) is 19.8 Å². The van der Waals surface area contributed by atoms with Crippen molar-refractivity contribution in [1.29, 1.82) is 0 Å². The maximum atomic E-state index is 12.7. The molecule has 1 aromatic rings. The van der Waals surface area contributed by atoms with Crippen LogP contribution in [0.3, 0.4) is 0 Å². The third-order valence-electron chi connectivity index (χ3n) is 5.55. The Labute approximate surface area is 144 Å². The molecule has 2 fully saturated rings. The quantitative estimate of drug-likeness (QED) is 0.922. The van der Waals surface area contributed by atoms with Crippen LogP contribution in [0, 0.1) is 5.41 Å². The molecule has 1 heterocycles. The lowest BCUT2D eigenvalue weighted by Gasteiger charge is -2.42. The Balaban J connectivity index is 1.61. The normalized spacial score (nSPS) is 22.3. The molecule has 1 saturated carbocycles. The van der Waals surface area contributed by atoms with Gasteiger partial charge in [-0.15, -0.1) is 0 Å². The van der Waals surface area contributed by atoms with Crippen LogP contribution in [0.2, 0.25) is 0 Å². The highest BCUT2D eigenvalue weighted by atomic mass is 16.5. The number of carbonyl (C=O) groups is 1. The average Bonchev–Trinajstić information content (AvgIpc) is 2.83. The summed E-state index contributed by atoms with van der Waals surface area (Å²) in [6, 6.07) is 9.98. The smallest absolute Gasteiger partial charge is 0.317 e. The van der Waals surface area contributed by atoms with Crippen molar-refractivity contribution in [3.63, 3.8) is 0 Å². The van der Waals surface area contributed by atoms with Crippen LogP contribution in [-0.4, -0.2) is 50.9 Å². The number of urea groups is 1. The minimum Gasteiger partial charge on any atom is -0.379 e. The van der Waals surface area contributed by atoms with Crippen LogP contribution < -0.4 is 5.32 Å². The summed E-state index contributed by atoms with van der Waals surface area (Å²) < 4.78 is 11.4. The Bertz CT molecular complexity index is 559. The van der Waals surface area contributed by atoms with Crippen LogP contribution in [0.15, 0.2) is 30.3 Å². The highest BCUT2D eigenvalue weighted by Gasteiger charge is 2.41. The Morgan fingerprint density at radius 2 is 2.12 bits per heavy atom. The van der Waals surface area contributed by atoms with Gasteiger partial charge in [-0.05, 0) is 25.3 Å². The van der Waals surface area contributed by atoms with Crippen molar-refractivity contribution in [1.82, 2.24) is 10.2 Å². The molecule has 1 aliphatic heterocycles. The molecule has 0 radical (unpaired) electrons. The number of amides is 2. The van der Waals surface area contributed by atoms with E-state index in [9.17, 15) is 4.79 Å². The van der Waals surface area contributed by atoms with Gasteiger partial charge in [-0.25, -0.2) is 4.79 Å². The molecule has 1 N–H and O–H groups in total. The molecule has 1 spiro atoms. The SMILES string of the molecule is COC(C)(CNC(=O)N1CCOCC2(CCC2)C1)c1ccccc1. The zero-order valence-electron chi connectivity index (χ0n) is 14.7. The number of benzene rings is 1. The Morgan fingerprint density at radius 3 is 2.75 bits per heavy atom. The van der Waals surface area contributed by atoms with Crippen LogP contribution in [0.4, 0.5) is 4.79 Å². The largest absolute Gasteiger partial charge is 0.379 e. The number of hydrogen-bond acceptors (Lipinski definition) is 3. The molecule has 1 unspecified atom stereocenters. The van der Waals surface area contributed by atoms with Crippen LogP contribution in [0.25, 0.3) is 0 Å². The average molecular weight is 332 g/mol. The van der Waals surface area contributed by atoms with E-state index in [0.717, 1.165) is 31.6 Å². The molecule has 1 aliphatic carbocycles. The van der Waals surface area contributed by atoms with E-state index in [1.165, 1.54) is 6.42 Å². The third kappa shape index (κ3) is 3.57. The molecule has 2 aliphatic rings. The molecule has 1 aromatic carbocycles. The van der Waals surface area contributed by atoms with Gasteiger partial charge in [0.1, 0.15) is 5.60 Å². The molecule has 0 aromatic heterocycles. The summed E-state index contributed by atoms with van der Waals surface area (Å²) in [5.74, 6) is 0. The Kier molecular flexibility index (Phi) is 5.11. The maximum absolute atomic E-state index is 12.7. The standard InChI is InChI=1S/C19H28N2O3/c1-18(23-2,16-7-4-3-5-8-16)13-20-17(22)21-11-12-24-15-19(14-21)9-6-10-19/h3-5,7-8H,6,9-15H2,1-2H3,(H,20,22). The fourth-order valence-electron chi connectivity index (χ4n) is 3.58. The molecule has 5 nitrogen and oxygen atoms in total. The fraction of sp³-hybridized carbons (Fsp3) is 0.632. The van der Waals surface area contributed by atoms with Gasteiger partial charge in [0.15, 0.2) is 0 Å². The number of nitrogens with zero attached hydrogens (tertiary/aromatic N) is 1. The van der Waals surface area contributed by atoms with Crippen molar-refractivity contribution in [2.24, 2.45) is 5.41 Å². The molecule has 2 amide bonds. The van der Waals surface area contributed by atoms with E-state index in [4.69, 9.17) is 9.47 Å². The summed E-state index contributed by atoms with van der Waals surface area (Å²) in [5, 5.41) is 3.06. The van der Waals surface area contributed by atoms with E-state index < -0.39 is 5.60 Å². The van der Waals surface area contributed by atoms with Gasteiger partial charge in [0, 0.05) is 25.6 Å². The monoisotopic (exact) mass is 332 g/mol. The number of methoxy groups -OCH3 is 1. The van der Waals surface area contributed by atoms with Crippen LogP contribution >= 0.6 is 0 Å². The van der Waals surface area contributed by atoms with Gasteiger partial charge in [-0.2, -0.15) is 0 Å². The lowest BCUT2D eigenvalue weighted by molar-refractivity contribution is 0.00222. The van der Waals surface area contributed by atoms with Gasteiger partial charge in [0.25, 0.3) is 0 Å². The van der Waals surface area contributed by atoms with Gasteiger partial charge in [-0.3, -0.25) is 0 Å². The number of carbonyl (C=O) groups excluding carboxylic acids is 1. The van der Waals surface area contributed by atoms with Gasteiger partial charge in [0.2, 0.25) is 0 Å².